The van der Waals surface area contributed by atoms with Gasteiger partial charge in [-0.1, -0.05) is 30.4 Å². The van der Waals surface area contributed by atoms with Crippen LogP contribution >= 0.6 is 0 Å². The van der Waals surface area contributed by atoms with Crippen LogP contribution in [0.4, 0.5) is 0 Å². The third kappa shape index (κ3) is 1.84. The summed E-state index contributed by atoms with van der Waals surface area (Å²) in [5.74, 6) is 0.797. The maximum atomic E-state index is 5.09. The van der Waals surface area contributed by atoms with Crippen LogP contribution in [0.15, 0.2) is 24.3 Å². The number of benzene rings is 1. The smallest absolute Gasteiger partial charge is 0.134 e. The minimum atomic E-state index is 0.797. The molecule has 1 heteroatoms. The molecule has 0 bridgehead atoms. The Bertz CT molecular complexity index is 251. The highest BCUT2D eigenvalue weighted by molar-refractivity contribution is 5.56. The van der Waals surface area contributed by atoms with Gasteiger partial charge in [0.25, 0.3) is 0 Å². The van der Waals surface area contributed by atoms with Crippen LogP contribution in [0.25, 0.3) is 6.08 Å². The summed E-state index contributed by atoms with van der Waals surface area (Å²) >= 11 is 0. The van der Waals surface area contributed by atoms with Gasteiger partial charge in [-0.05, 0) is 6.92 Å². The van der Waals surface area contributed by atoms with Gasteiger partial charge >= 0.3 is 0 Å². The third-order valence-electron chi connectivity index (χ3n) is 1.40. The number of para-hydroxylation sites is 1. The molecule has 1 radical (unpaired) electrons. The van der Waals surface area contributed by atoms with Crippen LogP contribution in [0.2, 0.25) is 0 Å². The van der Waals surface area contributed by atoms with E-state index in [9.17, 15) is 0 Å². The second-order valence-electron chi connectivity index (χ2n) is 2.16. The molecule has 0 aliphatic heterocycles. The average molecular weight is 147 g/mol. The maximum Gasteiger partial charge on any atom is 0.134 e. The van der Waals surface area contributed by atoms with E-state index >= 15 is 0 Å². The van der Waals surface area contributed by atoms with Gasteiger partial charge in [-0.3, -0.25) is 0 Å². The van der Waals surface area contributed by atoms with E-state index in [-0.39, 0.29) is 0 Å². The largest absolute Gasteiger partial charge is 0.495 e. The molecule has 1 nitrogen and oxygen atoms in total. The van der Waals surface area contributed by atoms with Crippen molar-refractivity contribution in [2.75, 3.05) is 7.11 Å². The highest BCUT2D eigenvalue weighted by Gasteiger charge is 1.94. The van der Waals surface area contributed by atoms with Crippen molar-refractivity contribution >= 4 is 6.08 Å². The first-order valence-corrected chi connectivity index (χ1v) is 3.56. The lowest BCUT2D eigenvalue weighted by molar-refractivity contribution is 0.413. The van der Waals surface area contributed by atoms with Gasteiger partial charge in [-0.25, -0.2) is 0 Å². The summed E-state index contributed by atoms with van der Waals surface area (Å²) in [5.41, 5.74) is 1.07. The first-order valence-electron chi connectivity index (χ1n) is 3.56. The molecule has 1 aromatic carbocycles. The zero-order valence-electron chi connectivity index (χ0n) is 6.79. The molecule has 0 heterocycles. The normalized spacial score (nSPS) is 10.4. The summed E-state index contributed by atoms with van der Waals surface area (Å²) < 4.78 is 5.09. The van der Waals surface area contributed by atoms with Crippen LogP contribution in [-0.2, 0) is 0 Å². The van der Waals surface area contributed by atoms with Crippen molar-refractivity contribution in [1.82, 2.24) is 0 Å². The monoisotopic (exact) mass is 147 g/mol. The maximum absolute atomic E-state index is 5.09. The van der Waals surface area contributed by atoms with Crippen molar-refractivity contribution in [3.63, 3.8) is 0 Å². The molecule has 0 aliphatic carbocycles. The molecular weight excluding hydrogens is 136 g/mol. The van der Waals surface area contributed by atoms with Gasteiger partial charge in [0.2, 0.25) is 0 Å². The Hall–Kier alpha value is -1.24. The van der Waals surface area contributed by atoms with E-state index in [2.05, 4.69) is 6.07 Å². The number of ether oxygens (including phenoxy) is 1. The quantitative estimate of drug-likeness (QED) is 0.624. The number of methoxy groups -OCH3 is 1. The second kappa shape index (κ2) is 3.81. The van der Waals surface area contributed by atoms with E-state index in [0.717, 1.165) is 11.3 Å². The van der Waals surface area contributed by atoms with Crippen LogP contribution < -0.4 is 4.74 Å². The molecule has 0 saturated heterocycles. The van der Waals surface area contributed by atoms with Crippen molar-refractivity contribution in [1.29, 1.82) is 0 Å². The second-order valence-corrected chi connectivity index (χ2v) is 2.16. The van der Waals surface area contributed by atoms with Gasteiger partial charge in [0, 0.05) is 11.6 Å². The zero-order valence-corrected chi connectivity index (χ0v) is 6.79. The highest BCUT2D eigenvalue weighted by atomic mass is 16.5. The van der Waals surface area contributed by atoms with E-state index in [1.54, 1.807) is 7.11 Å². The predicted octanol–water partition coefficient (Wildman–Crippen LogP) is 2.53. The van der Waals surface area contributed by atoms with Crippen molar-refractivity contribution in [3.8, 4) is 5.75 Å². The van der Waals surface area contributed by atoms with Gasteiger partial charge in [-0.15, -0.1) is 0 Å². The Morgan fingerprint density at radius 3 is 3.00 bits per heavy atom. The minimum Gasteiger partial charge on any atom is -0.495 e. The summed E-state index contributed by atoms with van der Waals surface area (Å²) in [6.45, 7) is 1.98. The summed E-state index contributed by atoms with van der Waals surface area (Å²) in [4.78, 5) is 0. The molecule has 0 spiro atoms. The fraction of sp³-hybridized carbons (Fsp3) is 0.200. The molecule has 1 aromatic rings. The van der Waals surface area contributed by atoms with Crippen LogP contribution in [0.5, 0.6) is 5.75 Å². The molecule has 0 amide bonds. The fourth-order valence-electron chi connectivity index (χ4n) is 0.922. The highest BCUT2D eigenvalue weighted by Crippen LogP contribution is 2.17. The molecule has 0 aromatic heterocycles. The van der Waals surface area contributed by atoms with Gasteiger partial charge in [0.05, 0.1) is 7.11 Å². The van der Waals surface area contributed by atoms with E-state index in [0.29, 0.717) is 0 Å². The van der Waals surface area contributed by atoms with Gasteiger partial charge < -0.3 is 4.74 Å². The van der Waals surface area contributed by atoms with Gasteiger partial charge in [0.15, 0.2) is 0 Å². The fourth-order valence-corrected chi connectivity index (χ4v) is 0.922. The van der Waals surface area contributed by atoms with Crippen LogP contribution in [0.1, 0.15) is 12.5 Å². The van der Waals surface area contributed by atoms with Crippen LogP contribution in [-0.4, -0.2) is 7.11 Å². The topological polar surface area (TPSA) is 9.23 Å². The number of hydrogen-bond donors (Lipinski definition) is 0. The van der Waals surface area contributed by atoms with Crippen molar-refractivity contribution in [2.45, 2.75) is 6.92 Å². The van der Waals surface area contributed by atoms with Gasteiger partial charge in [-0.2, -0.15) is 0 Å². The Morgan fingerprint density at radius 2 is 2.36 bits per heavy atom. The van der Waals surface area contributed by atoms with E-state index in [1.165, 1.54) is 0 Å². The van der Waals surface area contributed by atoms with E-state index in [4.69, 9.17) is 4.74 Å². The Kier molecular flexibility index (Phi) is 2.73. The molecule has 1 rings (SSSR count). The molecule has 0 unspecified atom stereocenters. The molecule has 0 saturated carbocycles. The lowest BCUT2D eigenvalue weighted by Gasteiger charge is -2.01. The third-order valence-corrected chi connectivity index (χ3v) is 1.40. The molecule has 0 fully saturated rings. The minimum absolute atomic E-state index is 0.797. The Morgan fingerprint density at radius 1 is 1.55 bits per heavy atom. The summed E-state index contributed by atoms with van der Waals surface area (Å²) in [7, 11) is 1.65. The Balaban J connectivity index is 3.02. The predicted molar refractivity (Wildman–Crippen MR) is 46.5 cm³/mol. The lowest BCUT2D eigenvalue weighted by atomic mass is 10.2. The first kappa shape index (κ1) is 7.86. The molecule has 57 valence electrons. The van der Waals surface area contributed by atoms with Crippen LogP contribution in [0.3, 0.4) is 0 Å². The van der Waals surface area contributed by atoms with Crippen molar-refractivity contribution < 1.29 is 4.74 Å². The summed E-state index contributed by atoms with van der Waals surface area (Å²) in [5, 5.41) is 0. The van der Waals surface area contributed by atoms with Crippen molar-refractivity contribution in [3.05, 3.63) is 35.9 Å². The first-order chi connectivity index (χ1) is 5.38. The average Bonchev–Trinajstić information content (AvgIpc) is 2.06. The van der Waals surface area contributed by atoms with Gasteiger partial charge in [0.1, 0.15) is 5.75 Å². The number of allylic oxidation sites excluding steroid dienone is 1. The zero-order chi connectivity index (χ0) is 8.10. The summed E-state index contributed by atoms with van der Waals surface area (Å²) in [6, 6.07) is 8.77. The molecule has 11 heavy (non-hydrogen) atoms. The van der Waals surface area contributed by atoms with Crippen molar-refractivity contribution in [2.24, 2.45) is 0 Å². The Labute approximate surface area is 67.3 Å². The summed E-state index contributed by atoms with van der Waals surface area (Å²) in [6.07, 6.45) is 3.97. The number of hydrogen-bond acceptors (Lipinski definition) is 1. The number of rotatable bonds is 2. The molecule has 0 N–H and O–H groups in total. The standard InChI is InChI=1S/C10H11O/c1-3-6-9-7-4-5-8-10(9)11-2/h3-7H,1-2H3. The van der Waals surface area contributed by atoms with E-state index in [1.807, 2.05) is 37.3 Å². The SMILES string of the molecule is CC=Cc1ccc[c]c1OC. The molecular formula is C10H11O. The van der Waals surface area contributed by atoms with Crippen LogP contribution in [0, 0.1) is 6.07 Å². The van der Waals surface area contributed by atoms with E-state index < -0.39 is 0 Å². The lowest BCUT2D eigenvalue weighted by Crippen LogP contribution is -1.85. The molecule has 0 aliphatic rings. The molecule has 0 atom stereocenters.